The van der Waals surface area contributed by atoms with Crippen LogP contribution in [0.2, 0.25) is 0 Å². The van der Waals surface area contributed by atoms with Gasteiger partial charge >= 0.3 is 0 Å². The molecule has 0 aliphatic carbocycles. The van der Waals surface area contributed by atoms with Gasteiger partial charge in [-0.25, -0.2) is 0 Å². The molecule has 0 fully saturated rings. The second-order valence-electron chi connectivity index (χ2n) is 6.31. The quantitative estimate of drug-likeness (QED) is 0.705. The fourth-order valence-electron chi connectivity index (χ4n) is 2.83. The minimum atomic E-state index is -0.461. The van der Waals surface area contributed by atoms with Gasteiger partial charge in [0, 0.05) is 29.7 Å². The van der Waals surface area contributed by atoms with Crippen molar-refractivity contribution in [1.82, 2.24) is 5.32 Å². The van der Waals surface area contributed by atoms with E-state index in [9.17, 15) is 9.59 Å². The molecule has 1 atom stereocenters. The van der Waals surface area contributed by atoms with Gasteiger partial charge in [0.2, 0.25) is 11.8 Å². The summed E-state index contributed by atoms with van der Waals surface area (Å²) >= 11 is 3.47. The molecular formula is C21H25BrN2O3. The molecule has 144 valence electrons. The third-order valence-corrected chi connectivity index (χ3v) is 5.14. The minimum Gasteiger partial charge on any atom is -0.494 e. The monoisotopic (exact) mass is 432 g/mol. The number of para-hydroxylation sites is 1. The molecule has 0 aliphatic heterocycles. The first-order valence-electron chi connectivity index (χ1n) is 8.85. The summed E-state index contributed by atoms with van der Waals surface area (Å²) in [6.45, 7) is 5.84. The summed E-state index contributed by atoms with van der Waals surface area (Å²) in [6.07, 6.45) is 0.134. The first-order chi connectivity index (χ1) is 12.8. The maximum atomic E-state index is 12.9. The molecule has 0 saturated heterocycles. The van der Waals surface area contributed by atoms with Crippen LogP contribution in [-0.4, -0.2) is 25.5 Å². The van der Waals surface area contributed by atoms with Crippen LogP contribution in [0.3, 0.4) is 0 Å². The van der Waals surface area contributed by atoms with Crippen molar-refractivity contribution >= 4 is 33.4 Å². The van der Waals surface area contributed by atoms with Crippen LogP contribution in [0.1, 0.15) is 37.4 Å². The molecule has 27 heavy (non-hydrogen) atoms. The van der Waals surface area contributed by atoms with Gasteiger partial charge in [-0.1, -0.05) is 34.1 Å². The van der Waals surface area contributed by atoms with Crippen molar-refractivity contribution in [2.75, 3.05) is 18.6 Å². The van der Waals surface area contributed by atoms with Crippen LogP contribution in [0, 0.1) is 6.92 Å². The van der Waals surface area contributed by atoms with Crippen molar-refractivity contribution in [1.29, 1.82) is 0 Å². The second kappa shape index (κ2) is 9.55. The average Bonchev–Trinajstić information content (AvgIpc) is 2.63. The number of hydrogen-bond donors (Lipinski definition) is 1. The Kier molecular flexibility index (Phi) is 7.42. The molecule has 2 aromatic rings. The third-order valence-electron chi connectivity index (χ3n) is 4.25. The maximum Gasteiger partial charge on any atom is 0.229 e. The standard InChI is InChI=1S/C21H25BrN2O3/c1-5-27-20-9-7-6-8-17(20)19(23-15(3)25)13-21(26)24(4)16-10-11-18(22)14(2)12-16/h6-12,19H,5,13H2,1-4H3,(H,23,25). The SMILES string of the molecule is CCOc1ccccc1C(CC(=O)N(C)c1ccc(Br)c(C)c1)NC(C)=O. The van der Waals surface area contributed by atoms with E-state index in [1.54, 1.807) is 11.9 Å². The highest BCUT2D eigenvalue weighted by molar-refractivity contribution is 9.10. The van der Waals surface area contributed by atoms with E-state index in [-0.39, 0.29) is 18.2 Å². The lowest BCUT2D eigenvalue weighted by atomic mass is 10.0. The highest BCUT2D eigenvalue weighted by Gasteiger charge is 2.23. The van der Waals surface area contributed by atoms with E-state index in [1.165, 1.54) is 6.92 Å². The molecule has 6 heteroatoms. The zero-order valence-electron chi connectivity index (χ0n) is 16.1. The Bertz CT molecular complexity index is 823. The topological polar surface area (TPSA) is 58.6 Å². The van der Waals surface area contributed by atoms with Gasteiger partial charge in [0.05, 0.1) is 19.1 Å². The minimum absolute atomic E-state index is 0.0956. The first kappa shape index (κ1) is 21.0. The molecule has 0 radical (unpaired) electrons. The summed E-state index contributed by atoms with van der Waals surface area (Å²) in [6, 6.07) is 12.8. The summed E-state index contributed by atoms with van der Waals surface area (Å²) in [4.78, 5) is 26.2. The smallest absolute Gasteiger partial charge is 0.229 e. The van der Waals surface area contributed by atoms with Crippen LogP contribution < -0.4 is 15.0 Å². The highest BCUT2D eigenvalue weighted by atomic mass is 79.9. The summed E-state index contributed by atoms with van der Waals surface area (Å²) < 4.78 is 6.67. The summed E-state index contributed by atoms with van der Waals surface area (Å²) in [5, 5.41) is 2.88. The van der Waals surface area contributed by atoms with Crippen molar-refractivity contribution in [2.24, 2.45) is 0 Å². The zero-order valence-corrected chi connectivity index (χ0v) is 17.7. The van der Waals surface area contributed by atoms with Crippen molar-refractivity contribution in [2.45, 2.75) is 33.2 Å². The molecule has 0 spiro atoms. The van der Waals surface area contributed by atoms with Crippen LogP contribution in [0.5, 0.6) is 5.75 Å². The van der Waals surface area contributed by atoms with Gasteiger partial charge in [-0.15, -0.1) is 0 Å². The molecule has 5 nitrogen and oxygen atoms in total. The molecule has 0 aromatic heterocycles. The van der Waals surface area contributed by atoms with E-state index in [0.29, 0.717) is 12.4 Å². The first-order valence-corrected chi connectivity index (χ1v) is 9.64. The van der Waals surface area contributed by atoms with Crippen LogP contribution in [0.15, 0.2) is 46.9 Å². The lowest BCUT2D eigenvalue weighted by Crippen LogP contribution is -2.34. The predicted molar refractivity (Wildman–Crippen MR) is 111 cm³/mol. The molecule has 2 aromatic carbocycles. The molecule has 1 N–H and O–H groups in total. The van der Waals surface area contributed by atoms with Crippen molar-refractivity contribution in [3.63, 3.8) is 0 Å². The van der Waals surface area contributed by atoms with Crippen molar-refractivity contribution in [3.8, 4) is 5.75 Å². The van der Waals surface area contributed by atoms with Gasteiger partial charge in [0.1, 0.15) is 5.75 Å². The Morgan fingerprint density at radius 3 is 2.56 bits per heavy atom. The number of halogens is 1. The number of ether oxygens (including phenoxy) is 1. The molecule has 1 unspecified atom stereocenters. The van der Waals surface area contributed by atoms with Gasteiger partial charge in [-0.3, -0.25) is 9.59 Å². The summed E-state index contributed by atoms with van der Waals surface area (Å²) in [5.41, 5.74) is 2.65. The molecule has 0 saturated carbocycles. The largest absolute Gasteiger partial charge is 0.494 e. The van der Waals surface area contributed by atoms with Crippen LogP contribution >= 0.6 is 15.9 Å². The number of nitrogens with zero attached hydrogens (tertiary/aromatic N) is 1. The van der Waals surface area contributed by atoms with Gasteiger partial charge in [-0.05, 0) is 43.7 Å². The van der Waals surface area contributed by atoms with Crippen LogP contribution in [0.4, 0.5) is 5.69 Å². The molecule has 2 amide bonds. The number of rotatable bonds is 7. The van der Waals surface area contributed by atoms with E-state index in [4.69, 9.17) is 4.74 Å². The second-order valence-corrected chi connectivity index (χ2v) is 7.17. The molecule has 2 rings (SSSR count). The fraction of sp³-hybridized carbons (Fsp3) is 0.333. The van der Waals surface area contributed by atoms with E-state index >= 15 is 0 Å². The number of anilines is 1. The van der Waals surface area contributed by atoms with E-state index < -0.39 is 6.04 Å². The molecule has 0 aliphatic rings. The number of carbonyl (C=O) groups is 2. The number of aryl methyl sites for hydroxylation is 1. The zero-order chi connectivity index (χ0) is 20.0. The van der Waals surface area contributed by atoms with E-state index in [1.807, 2.05) is 56.3 Å². The number of carbonyl (C=O) groups excluding carboxylic acids is 2. The summed E-state index contributed by atoms with van der Waals surface area (Å²) in [7, 11) is 1.74. The van der Waals surface area contributed by atoms with Crippen molar-refractivity contribution < 1.29 is 14.3 Å². The van der Waals surface area contributed by atoms with Gasteiger partial charge in [0.15, 0.2) is 0 Å². The number of hydrogen-bond acceptors (Lipinski definition) is 3. The lowest BCUT2D eigenvalue weighted by molar-refractivity contribution is -0.121. The predicted octanol–water partition coefficient (Wildman–Crippen LogP) is 4.39. The Morgan fingerprint density at radius 1 is 1.22 bits per heavy atom. The Morgan fingerprint density at radius 2 is 1.93 bits per heavy atom. The highest BCUT2D eigenvalue weighted by Crippen LogP contribution is 2.29. The van der Waals surface area contributed by atoms with Gasteiger partial charge in [-0.2, -0.15) is 0 Å². The van der Waals surface area contributed by atoms with Crippen LogP contribution in [-0.2, 0) is 9.59 Å². The Hall–Kier alpha value is -2.34. The Labute approximate surface area is 168 Å². The average molecular weight is 433 g/mol. The Balaban J connectivity index is 2.26. The van der Waals surface area contributed by atoms with Crippen molar-refractivity contribution in [3.05, 3.63) is 58.1 Å². The maximum absolute atomic E-state index is 12.9. The van der Waals surface area contributed by atoms with Gasteiger partial charge in [0.25, 0.3) is 0 Å². The number of nitrogens with one attached hydrogen (secondary N) is 1. The van der Waals surface area contributed by atoms with Crippen LogP contribution in [0.25, 0.3) is 0 Å². The normalized spacial score (nSPS) is 11.6. The lowest BCUT2D eigenvalue weighted by Gasteiger charge is -2.24. The fourth-order valence-corrected chi connectivity index (χ4v) is 3.08. The number of benzene rings is 2. The number of amides is 2. The third kappa shape index (κ3) is 5.57. The molecular weight excluding hydrogens is 408 g/mol. The van der Waals surface area contributed by atoms with E-state index in [2.05, 4.69) is 21.2 Å². The summed E-state index contributed by atoms with van der Waals surface area (Å²) in [5.74, 6) is 0.386. The molecule has 0 bridgehead atoms. The van der Waals surface area contributed by atoms with Gasteiger partial charge < -0.3 is 15.0 Å². The van der Waals surface area contributed by atoms with E-state index in [0.717, 1.165) is 21.3 Å². The molecule has 0 heterocycles.